The first-order valence-corrected chi connectivity index (χ1v) is 11.4. The molecule has 3 nitrogen and oxygen atoms in total. The number of amidine groups is 1. The average Bonchev–Trinajstić information content (AvgIpc) is 2.97. The molecule has 0 radical (unpaired) electrons. The second kappa shape index (κ2) is 5.26. The number of fused-ring (bicyclic) bond motifs is 5. The van der Waals surface area contributed by atoms with Crippen LogP contribution in [0.15, 0.2) is 4.99 Å². The fourth-order valence-electron chi connectivity index (χ4n) is 4.95. The molecule has 108 valence electrons. The van der Waals surface area contributed by atoms with Crippen LogP contribution in [0.3, 0.4) is 0 Å². The summed E-state index contributed by atoms with van der Waals surface area (Å²) in [4.78, 5) is 4.98. The predicted molar refractivity (Wildman–Crippen MR) is 82.1 cm³/mol. The van der Waals surface area contributed by atoms with Crippen LogP contribution in [-0.4, -0.2) is 26.3 Å². The van der Waals surface area contributed by atoms with E-state index in [-0.39, 0.29) is 0 Å². The van der Waals surface area contributed by atoms with Crippen molar-refractivity contribution in [1.82, 2.24) is 3.53 Å². The summed E-state index contributed by atoms with van der Waals surface area (Å²) < 4.78 is 5.35. The van der Waals surface area contributed by atoms with Gasteiger partial charge in [0.05, 0.1) is 0 Å². The number of halogens is 2. The van der Waals surface area contributed by atoms with Crippen molar-refractivity contribution in [2.24, 2.45) is 34.4 Å². The molecule has 7 atom stereocenters. The monoisotopic (exact) mass is 486 g/mol. The summed E-state index contributed by atoms with van der Waals surface area (Å²) in [5.74, 6) is 4.85. The topological polar surface area (TPSA) is 50.4 Å². The Morgan fingerprint density at radius 3 is 2.79 bits per heavy atom. The van der Waals surface area contributed by atoms with Crippen molar-refractivity contribution in [1.29, 1.82) is 0 Å². The number of nitrogens with one attached hydrogen (secondary N) is 1. The molecule has 3 saturated carbocycles. The van der Waals surface area contributed by atoms with Gasteiger partial charge in [-0.3, -0.25) is 0 Å². The minimum atomic E-state index is 0.297. The summed E-state index contributed by atoms with van der Waals surface area (Å²) in [5.41, 5.74) is 6.29. The standard InChI is InChI=1S/C14H22I2N3/c15-13(12-6-16-19-12)14(17)18-11-5-7-4-10(11)9-3-1-2-8(7)9/h7-13,19H,1-6H2,(H2,17,18)/q-1. The molecule has 1 heterocycles. The van der Waals surface area contributed by atoms with Gasteiger partial charge in [0.15, 0.2) is 0 Å². The zero-order valence-corrected chi connectivity index (χ0v) is 15.4. The Bertz CT molecular complexity index is 396. The third-order valence-electron chi connectivity index (χ3n) is 5.81. The molecule has 0 aromatic heterocycles. The molecule has 4 fully saturated rings. The van der Waals surface area contributed by atoms with Crippen LogP contribution in [0.1, 0.15) is 32.1 Å². The maximum absolute atomic E-state index is 6.29. The van der Waals surface area contributed by atoms with Gasteiger partial charge in [-0.2, -0.15) is 0 Å². The number of aliphatic imine (C=N–C) groups is 1. The van der Waals surface area contributed by atoms with E-state index >= 15 is 0 Å². The van der Waals surface area contributed by atoms with Crippen molar-refractivity contribution in [2.75, 3.05) is 4.43 Å². The first kappa shape index (κ1) is 13.5. The summed E-state index contributed by atoms with van der Waals surface area (Å²) in [5, 5.41) is 0. The Hall–Kier alpha value is 0.890. The summed E-state index contributed by atoms with van der Waals surface area (Å²) in [6.45, 7) is 0. The van der Waals surface area contributed by atoms with Gasteiger partial charge in [-0.1, -0.05) is 0 Å². The van der Waals surface area contributed by atoms with E-state index < -0.39 is 0 Å². The SMILES string of the molecule is NC(=NC1CC2CC1C1CCCC21)C(I)C1C[I-]N1. The zero-order valence-electron chi connectivity index (χ0n) is 11.1. The van der Waals surface area contributed by atoms with Crippen molar-refractivity contribution >= 4 is 28.4 Å². The molecule has 0 spiro atoms. The molecule has 2 bridgehead atoms. The summed E-state index contributed by atoms with van der Waals surface area (Å²) in [6, 6.07) is 1.19. The van der Waals surface area contributed by atoms with E-state index in [9.17, 15) is 0 Å². The molecule has 5 heteroatoms. The molecule has 1 aliphatic heterocycles. The van der Waals surface area contributed by atoms with Gasteiger partial charge in [-0.25, -0.2) is 0 Å². The van der Waals surface area contributed by atoms with Gasteiger partial charge in [0.25, 0.3) is 0 Å². The number of nitrogens with zero attached hydrogens (tertiary/aromatic N) is 1. The van der Waals surface area contributed by atoms with Gasteiger partial charge in [-0.15, -0.1) is 0 Å². The molecular formula is C14H22I2N3-. The van der Waals surface area contributed by atoms with E-state index in [0.29, 0.717) is 37.5 Å². The number of nitrogens with two attached hydrogens (primary N) is 1. The molecule has 4 aliphatic rings. The predicted octanol–water partition coefficient (Wildman–Crippen LogP) is -1.05. The third kappa shape index (κ3) is 2.25. The molecule has 1 saturated heterocycles. The van der Waals surface area contributed by atoms with E-state index in [1.807, 2.05) is 0 Å². The molecule has 19 heavy (non-hydrogen) atoms. The van der Waals surface area contributed by atoms with E-state index in [1.165, 1.54) is 36.5 Å². The Morgan fingerprint density at radius 2 is 2.05 bits per heavy atom. The third-order valence-corrected chi connectivity index (χ3v) is 9.94. The van der Waals surface area contributed by atoms with Crippen molar-refractivity contribution in [3.63, 3.8) is 0 Å². The van der Waals surface area contributed by atoms with Gasteiger partial charge in [0, 0.05) is 0 Å². The first-order chi connectivity index (χ1) is 9.24. The van der Waals surface area contributed by atoms with Crippen LogP contribution in [0.2, 0.25) is 0 Å². The molecule has 0 amide bonds. The van der Waals surface area contributed by atoms with Crippen molar-refractivity contribution in [3.05, 3.63) is 0 Å². The fraction of sp³-hybridized carbons (Fsp3) is 0.929. The zero-order chi connectivity index (χ0) is 13.0. The Balaban J connectivity index is 1.46. The molecule has 0 aromatic carbocycles. The fourth-order valence-corrected chi connectivity index (χ4v) is 9.02. The van der Waals surface area contributed by atoms with E-state index in [2.05, 4.69) is 26.1 Å². The van der Waals surface area contributed by atoms with E-state index in [0.717, 1.165) is 29.5 Å². The van der Waals surface area contributed by atoms with E-state index in [4.69, 9.17) is 10.7 Å². The van der Waals surface area contributed by atoms with Crippen LogP contribution in [0, 0.1) is 23.7 Å². The van der Waals surface area contributed by atoms with E-state index in [1.54, 1.807) is 0 Å². The van der Waals surface area contributed by atoms with Gasteiger partial charge < -0.3 is 0 Å². The Labute approximate surface area is 139 Å². The van der Waals surface area contributed by atoms with Gasteiger partial charge in [0.1, 0.15) is 0 Å². The molecule has 4 rings (SSSR count). The summed E-state index contributed by atoms with van der Waals surface area (Å²) in [6.07, 6.45) is 7.23. The first-order valence-electron chi connectivity index (χ1n) is 7.55. The number of rotatable bonds is 3. The van der Waals surface area contributed by atoms with Crippen molar-refractivity contribution in [2.45, 2.75) is 48.1 Å². The molecule has 7 unspecified atom stereocenters. The van der Waals surface area contributed by atoms with Crippen molar-refractivity contribution in [3.8, 4) is 0 Å². The van der Waals surface area contributed by atoms with Crippen molar-refractivity contribution < 1.29 is 21.5 Å². The quantitative estimate of drug-likeness (QED) is 0.176. The number of hydrogen-bond donors (Lipinski definition) is 2. The van der Waals surface area contributed by atoms with Crippen LogP contribution in [0.25, 0.3) is 0 Å². The average molecular weight is 486 g/mol. The summed E-state index contributed by atoms with van der Waals surface area (Å²) >= 11 is 2.79. The van der Waals surface area contributed by atoms with Crippen LogP contribution < -0.4 is 30.7 Å². The minimum absolute atomic E-state index is 0.297. The van der Waals surface area contributed by atoms with Gasteiger partial charge in [0.2, 0.25) is 0 Å². The Kier molecular flexibility index (Phi) is 3.75. The van der Waals surface area contributed by atoms with Crippen LogP contribution in [0.5, 0.6) is 0 Å². The number of alkyl halides is 2. The molecular weight excluding hydrogens is 464 g/mol. The maximum atomic E-state index is 6.29. The Morgan fingerprint density at radius 1 is 1.26 bits per heavy atom. The normalized spacial score (nSPS) is 50.5. The number of hydrogen-bond acceptors (Lipinski definition) is 2. The summed E-state index contributed by atoms with van der Waals surface area (Å²) in [7, 11) is 0. The van der Waals surface area contributed by atoms with Crippen LogP contribution in [-0.2, 0) is 0 Å². The van der Waals surface area contributed by atoms with Crippen LogP contribution in [0.4, 0.5) is 0 Å². The molecule has 0 aromatic rings. The second-order valence-electron chi connectivity index (χ2n) is 6.68. The van der Waals surface area contributed by atoms with Crippen LogP contribution >= 0.6 is 22.6 Å². The molecule has 3 aliphatic carbocycles. The van der Waals surface area contributed by atoms with Gasteiger partial charge >= 0.3 is 140 Å². The van der Waals surface area contributed by atoms with Gasteiger partial charge in [-0.05, 0) is 0 Å². The molecule has 3 N–H and O–H groups in total. The second-order valence-corrected chi connectivity index (χ2v) is 10.3.